The van der Waals surface area contributed by atoms with Crippen LogP contribution in [0.15, 0.2) is 18.3 Å². The van der Waals surface area contributed by atoms with E-state index in [0.29, 0.717) is 16.5 Å². The Kier molecular flexibility index (Phi) is 4.74. The van der Waals surface area contributed by atoms with E-state index in [2.05, 4.69) is 4.98 Å². The average molecular weight is 308 g/mol. The fraction of sp³-hybridized carbons (Fsp3) is 0.357. The summed E-state index contributed by atoms with van der Waals surface area (Å²) in [7, 11) is 5.65. The highest BCUT2D eigenvalue weighted by atomic mass is 16.7. The molecule has 2 aromatic rings. The van der Waals surface area contributed by atoms with Gasteiger partial charge in [0.1, 0.15) is 0 Å². The van der Waals surface area contributed by atoms with Crippen molar-refractivity contribution in [2.45, 2.75) is 6.29 Å². The maximum Gasteiger partial charge on any atom is 0.324 e. The van der Waals surface area contributed by atoms with E-state index in [9.17, 15) is 10.1 Å². The lowest BCUT2D eigenvalue weighted by Gasteiger charge is -2.17. The van der Waals surface area contributed by atoms with Crippen LogP contribution in [0.1, 0.15) is 11.9 Å². The monoisotopic (exact) mass is 308 g/mol. The van der Waals surface area contributed by atoms with Gasteiger partial charge in [-0.15, -0.1) is 0 Å². The third kappa shape index (κ3) is 2.53. The summed E-state index contributed by atoms with van der Waals surface area (Å²) < 4.78 is 20.7. The molecule has 0 fully saturated rings. The van der Waals surface area contributed by atoms with Gasteiger partial charge in [-0.2, -0.15) is 0 Å². The number of nitro groups is 1. The van der Waals surface area contributed by atoms with Crippen LogP contribution in [0, 0.1) is 10.1 Å². The first-order valence-electron chi connectivity index (χ1n) is 6.32. The molecule has 0 radical (unpaired) electrons. The van der Waals surface area contributed by atoms with E-state index >= 15 is 0 Å². The maximum absolute atomic E-state index is 11.6. The van der Waals surface area contributed by atoms with E-state index < -0.39 is 11.2 Å². The predicted octanol–water partition coefficient (Wildman–Crippen LogP) is 2.45. The molecule has 0 saturated heterocycles. The SMILES string of the molecule is COc1cc2nccc(C(OC)OC)c2c([N+](=O)[O-])c1OC. The predicted molar refractivity (Wildman–Crippen MR) is 78.3 cm³/mol. The summed E-state index contributed by atoms with van der Waals surface area (Å²) in [5.74, 6) is 0.262. The van der Waals surface area contributed by atoms with Gasteiger partial charge in [-0.1, -0.05) is 0 Å². The lowest BCUT2D eigenvalue weighted by molar-refractivity contribution is -0.384. The van der Waals surface area contributed by atoms with Crippen LogP contribution in [-0.2, 0) is 9.47 Å². The number of nitro benzene ring substituents is 1. The number of hydrogen-bond acceptors (Lipinski definition) is 7. The van der Waals surface area contributed by atoms with Gasteiger partial charge in [0.25, 0.3) is 0 Å². The molecule has 2 rings (SSSR count). The molecule has 22 heavy (non-hydrogen) atoms. The van der Waals surface area contributed by atoms with Crippen molar-refractivity contribution in [3.05, 3.63) is 34.0 Å². The van der Waals surface area contributed by atoms with Crippen LogP contribution >= 0.6 is 0 Å². The highest BCUT2D eigenvalue weighted by Crippen LogP contribution is 2.44. The van der Waals surface area contributed by atoms with Crippen molar-refractivity contribution >= 4 is 16.6 Å². The Morgan fingerprint density at radius 3 is 2.36 bits per heavy atom. The van der Waals surface area contributed by atoms with Crippen LogP contribution in [0.5, 0.6) is 11.5 Å². The van der Waals surface area contributed by atoms with Crippen LogP contribution in [0.3, 0.4) is 0 Å². The second-order valence-electron chi connectivity index (χ2n) is 4.32. The number of methoxy groups -OCH3 is 4. The Balaban J connectivity index is 2.94. The molecule has 0 bridgehead atoms. The van der Waals surface area contributed by atoms with Crippen molar-refractivity contribution < 1.29 is 23.9 Å². The fourth-order valence-corrected chi connectivity index (χ4v) is 2.35. The Morgan fingerprint density at radius 1 is 1.18 bits per heavy atom. The van der Waals surface area contributed by atoms with Crippen molar-refractivity contribution in [1.82, 2.24) is 4.98 Å². The Morgan fingerprint density at radius 2 is 1.86 bits per heavy atom. The van der Waals surface area contributed by atoms with Crippen molar-refractivity contribution in [3.63, 3.8) is 0 Å². The summed E-state index contributed by atoms with van der Waals surface area (Å²) in [4.78, 5) is 15.2. The molecule has 1 aromatic heterocycles. The number of benzene rings is 1. The third-order valence-electron chi connectivity index (χ3n) is 3.24. The van der Waals surface area contributed by atoms with Crippen molar-refractivity contribution in [3.8, 4) is 11.5 Å². The minimum atomic E-state index is -0.762. The first-order valence-corrected chi connectivity index (χ1v) is 6.32. The molecule has 118 valence electrons. The molecule has 0 atom stereocenters. The van der Waals surface area contributed by atoms with Crippen LogP contribution < -0.4 is 9.47 Å². The van der Waals surface area contributed by atoms with Gasteiger partial charge in [-0.25, -0.2) is 0 Å². The second kappa shape index (κ2) is 6.54. The summed E-state index contributed by atoms with van der Waals surface area (Å²) in [6.45, 7) is 0. The molecule has 0 aliphatic carbocycles. The smallest absolute Gasteiger partial charge is 0.324 e. The second-order valence-corrected chi connectivity index (χ2v) is 4.32. The first-order chi connectivity index (χ1) is 10.6. The lowest BCUT2D eigenvalue weighted by atomic mass is 10.1. The number of aromatic nitrogens is 1. The summed E-state index contributed by atoms with van der Waals surface area (Å²) in [6.07, 6.45) is 0.764. The number of ether oxygens (including phenoxy) is 4. The number of pyridine rings is 1. The summed E-state index contributed by atoms with van der Waals surface area (Å²) in [5.41, 5.74) is 0.641. The molecule has 0 saturated carbocycles. The van der Waals surface area contributed by atoms with Crippen LogP contribution in [0.4, 0.5) is 5.69 Å². The molecule has 8 nitrogen and oxygen atoms in total. The summed E-state index contributed by atoms with van der Waals surface area (Å²) in [5, 5.41) is 11.9. The normalized spacial score (nSPS) is 11.0. The average Bonchev–Trinajstić information content (AvgIpc) is 2.53. The molecule has 0 amide bonds. The Bertz CT molecular complexity index is 699. The topological polar surface area (TPSA) is 93.0 Å². The highest BCUT2D eigenvalue weighted by Gasteiger charge is 2.29. The molecule has 0 spiro atoms. The molecular weight excluding hydrogens is 292 g/mol. The van der Waals surface area contributed by atoms with Crippen LogP contribution in [-0.4, -0.2) is 38.3 Å². The molecule has 1 heterocycles. The van der Waals surface area contributed by atoms with Crippen molar-refractivity contribution in [2.75, 3.05) is 28.4 Å². The standard InChI is InChI=1S/C14H16N2O6/c1-19-10-7-9-11(12(16(17)18)13(10)20-2)8(5-6-15-9)14(21-3)22-4/h5-7,14H,1-4H3. The van der Waals surface area contributed by atoms with Gasteiger partial charge < -0.3 is 18.9 Å². The van der Waals surface area contributed by atoms with Crippen molar-refractivity contribution in [2.24, 2.45) is 0 Å². The lowest BCUT2D eigenvalue weighted by Crippen LogP contribution is -2.07. The molecule has 0 aliphatic rings. The van der Waals surface area contributed by atoms with E-state index in [4.69, 9.17) is 18.9 Å². The maximum atomic E-state index is 11.6. The molecule has 0 aliphatic heterocycles. The zero-order chi connectivity index (χ0) is 16.3. The van der Waals surface area contributed by atoms with E-state index in [0.717, 1.165) is 0 Å². The van der Waals surface area contributed by atoms with Gasteiger partial charge in [-0.05, 0) is 6.07 Å². The summed E-state index contributed by atoms with van der Waals surface area (Å²) >= 11 is 0. The minimum absolute atomic E-state index is 0.0280. The third-order valence-corrected chi connectivity index (χ3v) is 3.24. The fourth-order valence-electron chi connectivity index (χ4n) is 2.35. The molecule has 8 heteroatoms. The zero-order valence-electron chi connectivity index (χ0n) is 12.7. The number of fused-ring (bicyclic) bond motifs is 1. The van der Waals surface area contributed by atoms with Gasteiger partial charge in [0.15, 0.2) is 12.0 Å². The largest absolute Gasteiger partial charge is 0.493 e. The van der Waals surface area contributed by atoms with E-state index in [1.807, 2.05) is 0 Å². The van der Waals surface area contributed by atoms with Gasteiger partial charge in [0.2, 0.25) is 5.75 Å². The van der Waals surface area contributed by atoms with Crippen molar-refractivity contribution in [1.29, 1.82) is 0 Å². The Labute approximate surface area is 126 Å². The highest BCUT2D eigenvalue weighted by molar-refractivity contribution is 5.96. The number of nitrogens with zero attached hydrogens (tertiary/aromatic N) is 2. The molecule has 1 aromatic carbocycles. The van der Waals surface area contributed by atoms with Gasteiger partial charge in [0.05, 0.1) is 30.0 Å². The van der Waals surface area contributed by atoms with E-state index in [1.165, 1.54) is 34.6 Å². The first kappa shape index (κ1) is 15.9. The molecular formula is C14H16N2O6. The quantitative estimate of drug-likeness (QED) is 0.459. The van der Waals surface area contributed by atoms with E-state index in [-0.39, 0.29) is 17.2 Å². The van der Waals surface area contributed by atoms with Gasteiger partial charge >= 0.3 is 5.69 Å². The number of hydrogen-bond donors (Lipinski definition) is 0. The molecule has 0 unspecified atom stereocenters. The zero-order valence-corrected chi connectivity index (χ0v) is 12.7. The summed E-state index contributed by atoms with van der Waals surface area (Å²) in [6, 6.07) is 3.19. The molecule has 0 N–H and O–H groups in total. The Hall–Kier alpha value is -2.45. The van der Waals surface area contributed by atoms with Gasteiger partial charge in [0, 0.05) is 32.0 Å². The van der Waals surface area contributed by atoms with Gasteiger partial charge in [-0.3, -0.25) is 15.1 Å². The van der Waals surface area contributed by atoms with E-state index in [1.54, 1.807) is 12.1 Å². The van der Waals surface area contributed by atoms with Crippen LogP contribution in [0.2, 0.25) is 0 Å². The number of rotatable bonds is 6. The minimum Gasteiger partial charge on any atom is -0.493 e. The van der Waals surface area contributed by atoms with Crippen LogP contribution in [0.25, 0.3) is 10.9 Å².